The van der Waals surface area contributed by atoms with Crippen LogP contribution in [-0.2, 0) is 0 Å². The van der Waals surface area contributed by atoms with Crippen LogP contribution in [0.3, 0.4) is 0 Å². The minimum atomic E-state index is 0.213. The first-order valence-corrected chi connectivity index (χ1v) is 8.09. The van der Waals surface area contributed by atoms with Crippen LogP contribution in [0.25, 0.3) is 0 Å². The highest BCUT2D eigenvalue weighted by molar-refractivity contribution is 7.09. The van der Waals surface area contributed by atoms with Crippen LogP contribution in [0.15, 0.2) is 23.7 Å². The van der Waals surface area contributed by atoms with Crippen molar-refractivity contribution in [1.82, 2.24) is 4.98 Å². The molecule has 0 aliphatic heterocycles. The summed E-state index contributed by atoms with van der Waals surface area (Å²) in [4.78, 5) is 5.55. The van der Waals surface area contributed by atoms with E-state index in [2.05, 4.69) is 17.2 Å². The summed E-state index contributed by atoms with van der Waals surface area (Å²) in [6.07, 6.45) is 0. The molecule has 1 N–H and O–H groups in total. The van der Waals surface area contributed by atoms with Gasteiger partial charge in [-0.15, -0.1) is 11.3 Å². The third kappa shape index (κ3) is 3.88. The van der Waals surface area contributed by atoms with Crippen molar-refractivity contribution in [3.63, 3.8) is 0 Å². The maximum absolute atomic E-state index is 5.65. The lowest BCUT2D eigenvalue weighted by Gasteiger charge is -2.17. The molecule has 4 nitrogen and oxygen atoms in total. The Labute approximate surface area is 130 Å². The minimum absolute atomic E-state index is 0.213. The lowest BCUT2D eigenvalue weighted by molar-refractivity contribution is 0.288. The van der Waals surface area contributed by atoms with Crippen LogP contribution >= 0.6 is 11.3 Å². The second-order valence-electron chi connectivity index (χ2n) is 4.70. The Bertz CT molecular complexity index is 583. The van der Waals surface area contributed by atoms with Gasteiger partial charge in [-0.1, -0.05) is 0 Å². The van der Waals surface area contributed by atoms with Crippen molar-refractivity contribution >= 4 is 17.0 Å². The highest BCUT2D eigenvalue weighted by atomic mass is 32.1. The van der Waals surface area contributed by atoms with E-state index >= 15 is 0 Å². The lowest BCUT2D eigenvalue weighted by atomic mass is 10.2. The Morgan fingerprint density at radius 3 is 2.52 bits per heavy atom. The van der Waals surface area contributed by atoms with Crippen LogP contribution in [0.5, 0.6) is 11.5 Å². The van der Waals surface area contributed by atoms with E-state index in [1.807, 2.05) is 44.5 Å². The van der Waals surface area contributed by atoms with Gasteiger partial charge in [0, 0.05) is 16.6 Å². The Kier molecular flexibility index (Phi) is 5.44. The van der Waals surface area contributed by atoms with Gasteiger partial charge < -0.3 is 14.8 Å². The number of nitrogens with one attached hydrogen (secondary N) is 1. The van der Waals surface area contributed by atoms with E-state index in [0.29, 0.717) is 13.2 Å². The van der Waals surface area contributed by atoms with Crippen LogP contribution in [0, 0.1) is 6.92 Å². The Morgan fingerprint density at radius 1 is 1.19 bits per heavy atom. The van der Waals surface area contributed by atoms with E-state index in [0.717, 1.165) is 22.9 Å². The molecule has 0 fully saturated rings. The Hall–Kier alpha value is -1.75. The first-order chi connectivity index (χ1) is 10.2. The summed E-state index contributed by atoms with van der Waals surface area (Å²) in [6, 6.07) is 6.16. The predicted molar refractivity (Wildman–Crippen MR) is 87.7 cm³/mol. The summed E-state index contributed by atoms with van der Waals surface area (Å²) in [7, 11) is 0. The van der Waals surface area contributed by atoms with Crippen LogP contribution in [0.4, 0.5) is 5.69 Å². The van der Waals surface area contributed by atoms with Gasteiger partial charge in [-0.25, -0.2) is 4.98 Å². The van der Waals surface area contributed by atoms with Gasteiger partial charge in [0.2, 0.25) is 0 Å². The zero-order valence-corrected chi connectivity index (χ0v) is 13.8. The van der Waals surface area contributed by atoms with Gasteiger partial charge >= 0.3 is 0 Å². The van der Waals surface area contributed by atoms with Gasteiger partial charge in [0.15, 0.2) is 11.5 Å². The summed E-state index contributed by atoms with van der Waals surface area (Å²) < 4.78 is 11.2. The fourth-order valence-corrected chi connectivity index (χ4v) is 2.99. The molecule has 5 heteroatoms. The van der Waals surface area contributed by atoms with Crippen molar-refractivity contribution < 1.29 is 9.47 Å². The van der Waals surface area contributed by atoms with E-state index in [-0.39, 0.29) is 6.04 Å². The van der Waals surface area contributed by atoms with Gasteiger partial charge in [-0.05, 0) is 39.8 Å². The molecule has 1 aromatic carbocycles. The third-order valence-corrected chi connectivity index (χ3v) is 4.22. The van der Waals surface area contributed by atoms with Crippen molar-refractivity contribution in [2.75, 3.05) is 18.5 Å². The van der Waals surface area contributed by atoms with Crippen LogP contribution in [0.1, 0.15) is 37.4 Å². The number of nitrogens with zero attached hydrogens (tertiary/aromatic N) is 1. The van der Waals surface area contributed by atoms with E-state index in [4.69, 9.17) is 9.47 Å². The van der Waals surface area contributed by atoms with Gasteiger partial charge in [-0.3, -0.25) is 0 Å². The smallest absolute Gasteiger partial charge is 0.163 e. The van der Waals surface area contributed by atoms with Crippen molar-refractivity contribution in [2.24, 2.45) is 0 Å². The second-order valence-corrected chi connectivity index (χ2v) is 5.58. The number of rotatable bonds is 7. The molecular weight excluding hydrogens is 284 g/mol. The molecule has 1 atom stereocenters. The number of ether oxygens (including phenoxy) is 2. The van der Waals surface area contributed by atoms with E-state index in [1.54, 1.807) is 11.3 Å². The Balaban J connectivity index is 2.16. The standard InChI is InChI=1S/C16H22N2O2S/c1-5-19-14-8-7-13(9-15(14)20-6-2)18-12(4)16-11(3)17-10-21-16/h7-10,12,18H,5-6H2,1-4H3. The molecule has 0 saturated carbocycles. The predicted octanol–water partition coefficient (Wildman–Crippen LogP) is 4.42. The number of hydrogen-bond donors (Lipinski definition) is 1. The van der Waals surface area contributed by atoms with Gasteiger partial charge in [0.05, 0.1) is 30.5 Å². The SMILES string of the molecule is CCOc1ccc(NC(C)c2scnc2C)cc1OCC. The number of aromatic nitrogens is 1. The molecule has 0 saturated heterocycles. The van der Waals surface area contributed by atoms with E-state index in [1.165, 1.54) is 4.88 Å². The number of hydrogen-bond acceptors (Lipinski definition) is 5. The Morgan fingerprint density at radius 2 is 1.90 bits per heavy atom. The summed E-state index contributed by atoms with van der Waals surface area (Å²) in [5.74, 6) is 1.56. The van der Waals surface area contributed by atoms with Crippen LogP contribution < -0.4 is 14.8 Å². The molecular formula is C16H22N2O2S. The molecule has 1 heterocycles. The fraction of sp³-hybridized carbons (Fsp3) is 0.438. The molecule has 21 heavy (non-hydrogen) atoms. The number of anilines is 1. The monoisotopic (exact) mass is 306 g/mol. The topological polar surface area (TPSA) is 43.4 Å². The number of benzene rings is 1. The molecule has 1 aromatic heterocycles. The van der Waals surface area contributed by atoms with E-state index in [9.17, 15) is 0 Å². The molecule has 0 amide bonds. The molecule has 114 valence electrons. The average Bonchev–Trinajstić information content (AvgIpc) is 2.88. The summed E-state index contributed by atoms with van der Waals surface area (Å²) >= 11 is 1.67. The largest absolute Gasteiger partial charge is 0.490 e. The molecule has 0 aliphatic rings. The fourth-order valence-electron chi connectivity index (χ4n) is 2.18. The molecule has 1 unspecified atom stereocenters. The maximum atomic E-state index is 5.65. The minimum Gasteiger partial charge on any atom is -0.490 e. The molecule has 0 radical (unpaired) electrons. The van der Waals surface area contributed by atoms with Crippen molar-refractivity contribution in [3.05, 3.63) is 34.3 Å². The van der Waals surface area contributed by atoms with Gasteiger partial charge in [0.1, 0.15) is 0 Å². The first kappa shape index (κ1) is 15.6. The molecule has 0 bridgehead atoms. The maximum Gasteiger partial charge on any atom is 0.163 e. The number of aryl methyl sites for hydroxylation is 1. The highest BCUT2D eigenvalue weighted by Gasteiger charge is 2.12. The zero-order valence-electron chi connectivity index (χ0n) is 13.0. The van der Waals surface area contributed by atoms with Crippen molar-refractivity contribution in [2.45, 2.75) is 33.7 Å². The quantitative estimate of drug-likeness (QED) is 0.822. The van der Waals surface area contributed by atoms with Crippen molar-refractivity contribution in [3.8, 4) is 11.5 Å². The summed E-state index contributed by atoms with van der Waals surface area (Å²) in [5, 5.41) is 3.49. The third-order valence-electron chi connectivity index (χ3n) is 3.10. The van der Waals surface area contributed by atoms with Crippen LogP contribution in [0.2, 0.25) is 0 Å². The molecule has 0 spiro atoms. The number of thiazole rings is 1. The second kappa shape index (κ2) is 7.31. The van der Waals surface area contributed by atoms with Crippen molar-refractivity contribution in [1.29, 1.82) is 0 Å². The summed E-state index contributed by atoms with van der Waals surface area (Å²) in [5.41, 5.74) is 3.98. The molecule has 0 aliphatic carbocycles. The van der Waals surface area contributed by atoms with Gasteiger partial charge in [0.25, 0.3) is 0 Å². The summed E-state index contributed by atoms with van der Waals surface area (Å²) in [6.45, 7) is 9.36. The lowest BCUT2D eigenvalue weighted by Crippen LogP contribution is -2.07. The van der Waals surface area contributed by atoms with E-state index < -0.39 is 0 Å². The zero-order chi connectivity index (χ0) is 15.2. The highest BCUT2D eigenvalue weighted by Crippen LogP contribution is 2.33. The average molecular weight is 306 g/mol. The normalized spacial score (nSPS) is 12.0. The molecule has 2 rings (SSSR count). The van der Waals surface area contributed by atoms with Gasteiger partial charge in [-0.2, -0.15) is 0 Å². The van der Waals surface area contributed by atoms with Crippen LogP contribution in [-0.4, -0.2) is 18.2 Å². The molecule has 2 aromatic rings. The first-order valence-electron chi connectivity index (χ1n) is 7.21.